The first-order chi connectivity index (χ1) is 9.67. The van der Waals surface area contributed by atoms with Crippen LogP contribution in [0.25, 0.3) is 11.1 Å². The average Bonchev–Trinajstić information content (AvgIpc) is 2.47. The Morgan fingerprint density at radius 3 is 2.60 bits per heavy atom. The number of ether oxygens (including phenoxy) is 1. The highest BCUT2D eigenvalue weighted by Gasteiger charge is 2.11. The van der Waals surface area contributed by atoms with Gasteiger partial charge in [-0.2, -0.15) is 0 Å². The molecule has 1 unspecified atom stereocenters. The molecule has 0 heterocycles. The molecule has 106 valence electrons. The van der Waals surface area contributed by atoms with Crippen LogP contribution < -0.4 is 4.74 Å². The summed E-state index contributed by atoms with van der Waals surface area (Å²) in [7, 11) is 0.614. The lowest BCUT2D eigenvalue weighted by atomic mass is 10.0. The van der Waals surface area contributed by atoms with Crippen LogP contribution in [0.2, 0.25) is 5.02 Å². The minimum Gasteiger partial charge on any atom is -0.496 e. The Labute approximate surface area is 127 Å². The minimum atomic E-state index is -1.03. The smallest absolute Gasteiger partial charge is 0.126 e. The SMILES string of the molecule is CCCS(=O)c1ccc(-c2ccccc2OC)cc1Cl. The van der Waals surface area contributed by atoms with Crippen molar-refractivity contribution in [2.24, 2.45) is 0 Å². The Bertz CT molecular complexity index is 626. The van der Waals surface area contributed by atoms with E-state index < -0.39 is 10.8 Å². The number of benzene rings is 2. The highest BCUT2D eigenvalue weighted by molar-refractivity contribution is 7.85. The second kappa shape index (κ2) is 6.91. The molecule has 0 bridgehead atoms. The summed E-state index contributed by atoms with van der Waals surface area (Å²) in [4.78, 5) is 0.701. The molecule has 0 aromatic heterocycles. The highest BCUT2D eigenvalue weighted by atomic mass is 35.5. The van der Waals surface area contributed by atoms with E-state index in [1.165, 1.54) is 0 Å². The molecule has 0 spiro atoms. The van der Waals surface area contributed by atoms with Gasteiger partial charge >= 0.3 is 0 Å². The summed E-state index contributed by atoms with van der Waals surface area (Å²) in [5.41, 5.74) is 1.94. The van der Waals surface area contributed by atoms with Gasteiger partial charge in [0.25, 0.3) is 0 Å². The summed E-state index contributed by atoms with van der Waals surface area (Å²) in [5.74, 6) is 1.43. The van der Waals surface area contributed by atoms with E-state index >= 15 is 0 Å². The molecule has 2 aromatic rings. The van der Waals surface area contributed by atoms with Crippen LogP contribution in [0.4, 0.5) is 0 Å². The van der Waals surface area contributed by atoms with Crippen LogP contribution in [0.1, 0.15) is 13.3 Å². The maximum absolute atomic E-state index is 12.0. The third kappa shape index (κ3) is 3.22. The molecule has 0 saturated heterocycles. The van der Waals surface area contributed by atoms with E-state index in [9.17, 15) is 4.21 Å². The van der Waals surface area contributed by atoms with Gasteiger partial charge in [-0.05, 0) is 30.2 Å². The molecular weight excluding hydrogens is 292 g/mol. The summed E-state index contributed by atoms with van der Waals surface area (Å²) in [6, 6.07) is 13.4. The number of hydrogen-bond acceptors (Lipinski definition) is 2. The first kappa shape index (κ1) is 15.1. The van der Waals surface area contributed by atoms with Crippen molar-refractivity contribution in [1.82, 2.24) is 0 Å². The van der Waals surface area contributed by atoms with Crippen molar-refractivity contribution in [3.8, 4) is 16.9 Å². The van der Waals surface area contributed by atoms with Crippen molar-refractivity contribution in [3.63, 3.8) is 0 Å². The van der Waals surface area contributed by atoms with Gasteiger partial charge in [0.1, 0.15) is 5.75 Å². The second-order valence-corrected chi connectivity index (χ2v) is 6.34. The average molecular weight is 309 g/mol. The van der Waals surface area contributed by atoms with Crippen LogP contribution in [0.15, 0.2) is 47.4 Å². The molecule has 2 aromatic carbocycles. The normalized spacial score (nSPS) is 12.2. The zero-order valence-electron chi connectivity index (χ0n) is 11.6. The van der Waals surface area contributed by atoms with Crippen molar-refractivity contribution in [2.45, 2.75) is 18.2 Å². The summed E-state index contributed by atoms with van der Waals surface area (Å²) < 4.78 is 17.4. The van der Waals surface area contributed by atoms with Crippen molar-refractivity contribution in [3.05, 3.63) is 47.5 Å². The van der Waals surface area contributed by atoms with E-state index in [-0.39, 0.29) is 0 Å². The van der Waals surface area contributed by atoms with Crippen LogP contribution >= 0.6 is 11.6 Å². The molecule has 1 atom stereocenters. The van der Waals surface area contributed by atoms with Crippen molar-refractivity contribution < 1.29 is 8.95 Å². The monoisotopic (exact) mass is 308 g/mol. The third-order valence-corrected chi connectivity index (χ3v) is 5.04. The van der Waals surface area contributed by atoms with Crippen LogP contribution in [0, 0.1) is 0 Å². The maximum Gasteiger partial charge on any atom is 0.126 e. The Kier molecular flexibility index (Phi) is 5.21. The van der Waals surface area contributed by atoms with Crippen LogP contribution in [-0.4, -0.2) is 17.1 Å². The fourth-order valence-electron chi connectivity index (χ4n) is 2.03. The largest absolute Gasteiger partial charge is 0.496 e. The van der Waals surface area contributed by atoms with Crippen LogP contribution in [-0.2, 0) is 10.8 Å². The Hall–Kier alpha value is -1.32. The van der Waals surface area contributed by atoms with Crippen LogP contribution in [0.3, 0.4) is 0 Å². The molecule has 2 rings (SSSR count). The lowest BCUT2D eigenvalue weighted by Crippen LogP contribution is -1.98. The molecule has 0 aliphatic carbocycles. The molecule has 0 fully saturated rings. The van der Waals surface area contributed by atoms with Crippen LogP contribution in [0.5, 0.6) is 5.75 Å². The second-order valence-electron chi connectivity index (χ2n) is 4.40. The van der Waals surface area contributed by atoms with Crippen molar-refractivity contribution in [1.29, 1.82) is 0 Å². The number of para-hydroxylation sites is 1. The quantitative estimate of drug-likeness (QED) is 0.811. The lowest BCUT2D eigenvalue weighted by molar-refractivity contribution is 0.416. The number of methoxy groups -OCH3 is 1. The predicted molar refractivity (Wildman–Crippen MR) is 85.0 cm³/mol. The summed E-state index contributed by atoms with van der Waals surface area (Å²) in [5, 5.41) is 0.542. The van der Waals surface area contributed by atoms with E-state index in [1.807, 2.05) is 49.4 Å². The van der Waals surface area contributed by atoms with E-state index in [0.717, 1.165) is 23.3 Å². The van der Waals surface area contributed by atoms with Gasteiger partial charge in [-0.25, -0.2) is 0 Å². The summed E-state index contributed by atoms with van der Waals surface area (Å²) in [6.45, 7) is 2.01. The predicted octanol–water partition coefficient (Wildman–Crippen LogP) is 4.53. The number of hydrogen-bond donors (Lipinski definition) is 0. The molecule has 20 heavy (non-hydrogen) atoms. The topological polar surface area (TPSA) is 26.3 Å². The molecule has 0 amide bonds. The van der Waals surface area contributed by atoms with Gasteiger partial charge in [-0.3, -0.25) is 4.21 Å². The molecule has 0 saturated carbocycles. The van der Waals surface area contributed by atoms with E-state index in [0.29, 0.717) is 15.7 Å². The Morgan fingerprint density at radius 1 is 1.20 bits per heavy atom. The highest BCUT2D eigenvalue weighted by Crippen LogP contribution is 2.33. The van der Waals surface area contributed by atoms with E-state index in [2.05, 4.69) is 0 Å². The molecule has 2 nitrogen and oxygen atoms in total. The van der Waals surface area contributed by atoms with Gasteiger partial charge < -0.3 is 4.74 Å². The van der Waals surface area contributed by atoms with Gasteiger partial charge in [-0.1, -0.05) is 42.8 Å². The van der Waals surface area contributed by atoms with Gasteiger partial charge in [0.15, 0.2) is 0 Å². The Morgan fingerprint density at radius 2 is 1.95 bits per heavy atom. The molecule has 4 heteroatoms. The van der Waals surface area contributed by atoms with Crippen molar-refractivity contribution >= 4 is 22.4 Å². The first-order valence-corrected chi connectivity index (χ1v) is 8.18. The number of rotatable bonds is 5. The molecular formula is C16H17ClO2S. The van der Waals surface area contributed by atoms with Gasteiger partial charge in [0.2, 0.25) is 0 Å². The Balaban J connectivity index is 2.41. The number of halogens is 1. The zero-order valence-corrected chi connectivity index (χ0v) is 13.1. The van der Waals surface area contributed by atoms with Crippen molar-refractivity contribution in [2.75, 3.05) is 12.9 Å². The fraction of sp³-hybridized carbons (Fsp3) is 0.250. The third-order valence-electron chi connectivity index (χ3n) is 2.98. The molecule has 0 N–H and O–H groups in total. The summed E-state index contributed by atoms with van der Waals surface area (Å²) >= 11 is 6.27. The summed E-state index contributed by atoms with van der Waals surface area (Å²) in [6.07, 6.45) is 0.872. The molecule has 0 aliphatic rings. The first-order valence-electron chi connectivity index (χ1n) is 6.48. The lowest BCUT2D eigenvalue weighted by Gasteiger charge is -2.10. The fourth-order valence-corrected chi connectivity index (χ4v) is 3.56. The minimum absolute atomic E-state index is 0.542. The zero-order chi connectivity index (χ0) is 14.5. The standard InChI is InChI=1S/C16H17ClO2S/c1-3-10-20(18)16-9-8-12(11-14(16)17)13-6-4-5-7-15(13)19-2/h4-9,11H,3,10H2,1-2H3. The van der Waals surface area contributed by atoms with Gasteiger partial charge in [-0.15, -0.1) is 0 Å². The van der Waals surface area contributed by atoms with E-state index in [4.69, 9.17) is 16.3 Å². The molecule has 0 aliphatic heterocycles. The molecule has 0 radical (unpaired) electrons. The maximum atomic E-state index is 12.0. The van der Waals surface area contributed by atoms with E-state index in [1.54, 1.807) is 7.11 Å². The van der Waals surface area contributed by atoms with Gasteiger partial charge in [0.05, 0.1) is 27.8 Å². The van der Waals surface area contributed by atoms with Gasteiger partial charge in [0, 0.05) is 11.3 Å².